The van der Waals surface area contributed by atoms with Crippen molar-refractivity contribution < 1.29 is 4.79 Å². The van der Waals surface area contributed by atoms with Crippen LogP contribution in [0, 0.1) is 11.3 Å². The Morgan fingerprint density at radius 2 is 2.40 bits per heavy atom. The van der Waals surface area contributed by atoms with Crippen LogP contribution in [0.5, 0.6) is 0 Å². The van der Waals surface area contributed by atoms with E-state index < -0.39 is 0 Å². The van der Waals surface area contributed by atoms with Crippen molar-refractivity contribution in [2.45, 2.75) is 45.2 Å². The Bertz CT molecular complexity index is 259. The highest BCUT2D eigenvalue weighted by Crippen LogP contribution is 2.09. The topological polar surface area (TPSA) is 56.1 Å². The molecule has 0 radical (unpaired) electrons. The van der Waals surface area contributed by atoms with E-state index in [0.717, 1.165) is 25.9 Å². The molecule has 1 heterocycles. The number of hydrogen-bond acceptors (Lipinski definition) is 3. The zero-order valence-corrected chi connectivity index (χ0v) is 9.49. The zero-order chi connectivity index (χ0) is 11.3. The Hall–Kier alpha value is -1.08. The van der Waals surface area contributed by atoms with E-state index in [1.807, 2.05) is 4.90 Å². The standard InChI is InChI=1S/C11H19N3O/c1-3-7-14-8-5-9(2)13-10(4-6-12)11(14)15/h9-10,13H,3-5,7-8H2,1-2H3. The Labute approximate surface area is 91.2 Å². The first kappa shape index (κ1) is 12.0. The molecular formula is C11H19N3O. The quantitative estimate of drug-likeness (QED) is 0.751. The van der Waals surface area contributed by atoms with Crippen molar-refractivity contribution in [1.29, 1.82) is 5.26 Å². The second kappa shape index (κ2) is 5.72. The molecule has 0 saturated carbocycles. The SMILES string of the molecule is CCCN1CCC(C)NC(CC#N)C1=O. The summed E-state index contributed by atoms with van der Waals surface area (Å²) in [6.45, 7) is 5.74. The van der Waals surface area contributed by atoms with E-state index in [1.165, 1.54) is 0 Å². The highest BCUT2D eigenvalue weighted by molar-refractivity contribution is 5.82. The molecule has 0 aliphatic carbocycles. The van der Waals surface area contributed by atoms with Gasteiger partial charge in [-0.05, 0) is 19.8 Å². The summed E-state index contributed by atoms with van der Waals surface area (Å²) in [5.41, 5.74) is 0. The molecule has 1 N–H and O–H groups in total. The molecule has 0 aromatic heterocycles. The number of carbonyl (C=O) groups excluding carboxylic acids is 1. The van der Waals surface area contributed by atoms with E-state index in [-0.39, 0.29) is 18.4 Å². The monoisotopic (exact) mass is 209 g/mol. The third-order valence-electron chi connectivity index (χ3n) is 2.72. The van der Waals surface area contributed by atoms with E-state index in [2.05, 4.69) is 25.2 Å². The summed E-state index contributed by atoms with van der Waals surface area (Å²) in [6, 6.07) is 2.08. The van der Waals surface area contributed by atoms with Gasteiger partial charge >= 0.3 is 0 Å². The lowest BCUT2D eigenvalue weighted by Crippen LogP contribution is -2.45. The minimum atomic E-state index is -0.306. The summed E-state index contributed by atoms with van der Waals surface area (Å²) in [7, 11) is 0. The van der Waals surface area contributed by atoms with Crippen LogP contribution in [0.3, 0.4) is 0 Å². The van der Waals surface area contributed by atoms with Crippen molar-refractivity contribution in [1.82, 2.24) is 10.2 Å². The maximum absolute atomic E-state index is 12.0. The number of nitrogens with zero attached hydrogens (tertiary/aromatic N) is 2. The fourth-order valence-corrected chi connectivity index (χ4v) is 1.91. The van der Waals surface area contributed by atoms with Crippen molar-refractivity contribution in [3.63, 3.8) is 0 Å². The molecule has 2 atom stereocenters. The normalized spacial score (nSPS) is 27.3. The van der Waals surface area contributed by atoms with Crippen LogP contribution in [0.4, 0.5) is 0 Å². The van der Waals surface area contributed by atoms with Crippen molar-refractivity contribution in [3.8, 4) is 6.07 Å². The first-order valence-electron chi connectivity index (χ1n) is 5.60. The lowest BCUT2D eigenvalue weighted by Gasteiger charge is -2.22. The molecule has 1 aliphatic rings. The first-order valence-corrected chi connectivity index (χ1v) is 5.60. The van der Waals surface area contributed by atoms with Crippen molar-refractivity contribution in [2.24, 2.45) is 0 Å². The van der Waals surface area contributed by atoms with E-state index in [4.69, 9.17) is 5.26 Å². The fourth-order valence-electron chi connectivity index (χ4n) is 1.91. The highest BCUT2D eigenvalue weighted by atomic mass is 16.2. The van der Waals surface area contributed by atoms with Gasteiger partial charge in [-0.15, -0.1) is 0 Å². The predicted molar refractivity (Wildman–Crippen MR) is 58.1 cm³/mol. The maximum Gasteiger partial charge on any atom is 0.240 e. The van der Waals surface area contributed by atoms with Crippen LogP contribution < -0.4 is 5.32 Å². The third-order valence-corrected chi connectivity index (χ3v) is 2.72. The molecule has 1 fully saturated rings. The second-order valence-corrected chi connectivity index (χ2v) is 4.10. The number of carbonyl (C=O) groups is 1. The Balaban J connectivity index is 2.69. The molecule has 0 aromatic rings. The van der Waals surface area contributed by atoms with E-state index in [9.17, 15) is 4.79 Å². The Morgan fingerprint density at radius 1 is 1.67 bits per heavy atom. The number of amides is 1. The van der Waals surface area contributed by atoms with Gasteiger partial charge in [0.05, 0.1) is 12.5 Å². The van der Waals surface area contributed by atoms with E-state index >= 15 is 0 Å². The molecule has 1 amide bonds. The summed E-state index contributed by atoms with van der Waals surface area (Å²) < 4.78 is 0. The van der Waals surface area contributed by atoms with E-state index in [0.29, 0.717) is 6.04 Å². The van der Waals surface area contributed by atoms with Gasteiger partial charge in [-0.2, -0.15) is 5.26 Å². The van der Waals surface area contributed by atoms with Crippen LogP contribution in [0.25, 0.3) is 0 Å². The van der Waals surface area contributed by atoms with Gasteiger partial charge in [-0.3, -0.25) is 4.79 Å². The van der Waals surface area contributed by atoms with Crippen LogP contribution in [-0.2, 0) is 4.79 Å². The summed E-state index contributed by atoms with van der Waals surface area (Å²) in [5, 5.41) is 11.9. The molecule has 0 bridgehead atoms. The Kier molecular flexibility index (Phi) is 4.57. The van der Waals surface area contributed by atoms with Crippen LogP contribution in [0.1, 0.15) is 33.1 Å². The predicted octanol–water partition coefficient (Wildman–Crippen LogP) is 0.889. The smallest absolute Gasteiger partial charge is 0.240 e. The minimum Gasteiger partial charge on any atom is -0.341 e. The molecule has 84 valence electrons. The number of hydrogen-bond donors (Lipinski definition) is 1. The molecule has 4 nitrogen and oxygen atoms in total. The van der Waals surface area contributed by atoms with Crippen molar-refractivity contribution in [3.05, 3.63) is 0 Å². The van der Waals surface area contributed by atoms with Crippen molar-refractivity contribution in [2.75, 3.05) is 13.1 Å². The molecular weight excluding hydrogens is 190 g/mol. The number of nitrogens with one attached hydrogen (secondary N) is 1. The van der Waals surface area contributed by atoms with Gasteiger partial charge in [-0.1, -0.05) is 6.92 Å². The average Bonchev–Trinajstić information content (AvgIpc) is 2.33. The summed E-state index contributed by atoms with van der Waals surface area (Å²) in [4.78, 5) is 13.9. The maximum atomic E-state index is 12.0. The number of rotatable bonds is 3. The molecule has 0 aromatic carbocycles. The van der Waals surface area contributed by atoms with Gasteiger partial charge in [0.1, 0.15) is 6.04 Å². The molecule has 1 saturated heterocycles. The average molecular weight is 209 g/mol. The van der Waals surface area contributed by atoms with Gasteiger partial charge in [0, 0.05) is 19.1 Å². The van der Waals surface area contributed by atoms with Gasteiger partial charge < -0.3 is 10.2 Å². The lowest BCUT2D eigenvalue weighted by atomic mass is 10.2. The highest BCUT2D eigenvalue weighted by Gasteiger charge is 2.28. The molecule has 4 heteroatoms. The fraction of sp³-hybridized carbons (Fsp3) is 0.818. The summed E-state index contributed by atoms with van der Waals surface area (Å²) in [6.07, 6.45) is 2.20. The van der Waals surface area contributed by atoms with Crippen molar-refractivity contribution >= 4 is 5.91 Å². The molecule has 15 heavy (non-hydrogen) atoms. The Morgan fingerprint density at radius 3 is 3.00 bits per heavy atom. The van der Waals surface area contributed by atoms with Crippen LogP contribution >= 0.6 is 0 Å². The largest absolute Gasteiger partial charge is 0.341 e. The summed E-state index contributed by atoms with van der Waals surface area (Å²) in [5.74, 6) is 0.0859. The summed E-state index contributed by atoms with van der Waals surface area (Å²) >= 11 is 0. The molecule has 2 unspecified atom stereocenters. The molecule has 1 aliphatic heterocycles. The van der Waals surface area contributed by atoms with Crippen LogP contribution in [0.2, 0.25) is 0 Å². The van der Waals surface area contributed by atoms with Gasteiger partial charge in [0.15, 0.2) is 0 Å². The van der Waals surface area contributed by atoms with Crippen LogP contribution in [0.15, 0.2) is 0 Å². The zero-order valence-electron chi connectivity index (χ0n) is 9.49. The lowest BCUT2D eigenvalue weighted by molar-refractivity contribution is -0.132. The second-order valence-electron chi connectivity index (χ2n) is 4.10. The molecule has 1 rings (SSSR count). The number of nitriles is 1. The first-order chi connectivity index (χ1) is 7.19. The van der Waals surface area contributed by atoms with E-state index in [1.54, 1.807) is 0 Å². The minimum absolute atomic E-state index is 0.0859. The van der Waals surface area contributed by atoms with Gasteiger partial charge in [-0.25, -0.2) is 0 Å². The van der Waals surface area contributed by atoms with Crippen LogP contribution in [-0.4, -0.2) is 36.0 Å². The third kappa shape index (κ3) is 3.21. The molecule has 0 spiro atoms. The van der Waals surface area contributed by atoms with Gasteiger partial charge in [0.2, 0.25) is 5.91 Å². The van der Waals surface area contributed by atoms with Gasteiger partial charge in [0.25, 0.3) is 0 Å².